The van der Waals surface area contributed by atoms with Gasteiger partial charge in [-0.1, -0.05) is 33.6 Å². The van der Waals surface area contributed by atoms with Crippen molar-refractivity contribution >= 4 is 5.97 Å². The molecule has 3 unspecified atom stereocenters. The maximum Gasteiger partial charge on any atom is 0.314 e. The summed E-state index contributed by atoms with van der Waals surface area (Å²) in [6.07, 6.45) is 4.09. The fraction of sp³-hybridized carbons (Fsp3) is 0.929. The van der Waals surface area contributed by atoms with Crippen molar-refractivity contribution in [3.05, 3.63) is 0 Å². The lowest BCUT2D eigenvalue weighted by atomic mass is 9.71. The van der Waals surface area contributed by atoms with Gasteiger partial charge in [-0.3, -0.25) is 4.79 Å². The van der Waals surface area contributed by atoms with E-state index in [1.165, 1.54) is 7.11 Å². The minimum Gasteiger partial charge on any atom is -0.469 e. The lowest BCUT2D eigenvalue weighted by Crippen LogP contribution is -2.39. The van der Waals surface area contributed by atoms with Crippen molar-refractivity contribution in [1.29, 1.82) is 0 Å². The minimum absolute atomic E-state index is 0.0786. The fourth-order valence-electron chi connectivity index (χ4n) is 2.86. The number of carbonyl (C=O) groups is 1. The predicted molar refractivity (Wildman–Crippen MR) is 67.7 cm³/mol. The highest BCUT2D eigenvalue weighted by Crippen LogP contribution is 2.43. The largest absolute Gasteiger partial charge is 0.469 e. The third-order valence-electron chi connectivity index (χ3n) is 4.13. The van der Waals surface area contributed by atoms with Gasteiger partial charge >= 0.3 is 5.97 Å². The summed E-state index contributed by atoms with van der Waals surface area (Å²) in [6, 6.07) is 0. The van der Waals surface area contributed by atoms with Gasteiger partial charge < -0.3 is 9.47 Å². The molecular formula is C14H26O3. The SMILES string of the molecule is CCCC1(C(=O)OC)COCC1CC(C)CC. The van der Waals surface area contributed by atoms with E-state index in [4.69, 9.17) is 9.47 Å². The molecule has 0 spiro atoms. The van der Waals surface area contributed by atoms with Crippen molar-refractivity contribution in [2.75, 3.05) is 20.3 Å². The van der Waals surface area contributed by atoms with Gasteiger partial charge in [0.15, 0.2) is 0 Å². The monoisotopic (exact) mass is 242 g/mol. The minimum atomic E-state index is -0.382. The summed E-state index contributed by atoms with van der Waals surface area (Å²) in [7, 11) is 1.48. The predicted octanol–water partition coefficient (Wildman–Crippen LogP) is 3.03. The number of hydrogen-bond acceptors (Lipinski definition) is 3. The maximum atomic E-state index is 12.1. The Morgan fingerprint density at radius 3 is 2.76 bits per heavy atom. The Kier molecular flexibility index (Phi) is 5.44. The van der Waals surface area contributed by atoms with Crippen LogP contribution in [-0.4, -0.2) is 26.3 Å². The lowest BCUT2D eigenvalue weighted by molar-refractivity contribution is -0.156. The van der Waals surface area contributed by atoms with E-state index in [9.17, 15) is 4.79 Å². The van der Waals surface area contributed by atoms with Crippen LogP contribution in [0, 0.1) is 17.3 Å². The first kappa shape index (κ1) is 14.5. The van der Waals surface area contributed by atoms with Crippen LogP contribution in [0.5, 0.6) is 0 Å². The first-order valence-electron chi connectivity index (χ1n) is 6.76. The molecule has 3 atom stereocenters. The van der Waals surface area contributed by atoms with Gasteiger partial charge in [-0.2, -0.15) is 0 Å². The number of carbonyl (C=O) groups excluding carboxylic acids is 1. The molecule has 1 aliphatic rings. The van der Waals surface area contributed by atoms with Gasteiger partial charge in [0.2, 0.25) is 0 Å². The Labute approximate surface area is 105 Å². The number of hydrogen-bond donors (Lipinski definition) is 0. The van der Waals surface area contributed by atoms with Gasteiger partial charge in [-0.15, -0.1) is 0 Å². The topological polar surface area (TPSA) is 35.5 Å². The van der Waals surface area contributed by atoms with Crippen LogP contribution in [0.2, 0.25) is 0 Å². The number of ether oxygens (including phenoxy) is 2. The second-order valence-corrected chi connectivity index (χ2v) is 5.36. The number of methoxy groups -OCH3 is 1. The third-order valence-corrected chi connectivity index (χ3v) is 4.13. The van der Waals surface area contributed by atoms with Crippen molar-refractivity contribution in [2.45, 2.75) is 46.5 Å². The molecule has 0 amide bonds. The zero-order valence-electron chi connectivity index (χ0n) is 11.6. The van der Waals surface area contributed by atoms with Crippen LogP contribution in [0.1, 0.15) is 46.5 Å². The molecule has 0 N–H and O–H groups in total. The molecule has 1 aliphatic heterocycles. The highest BCUT2D eigenvalue weighted by molar-refractivity contribution is 5.77. The zero-order chi connectivity index (χ0) is 12.9. The van der Waals surface area contributed by atoms with Gasteiger partial charge in [-0.25, -0.2) is 0 Å². The first-order valence-corrected chi connectivity index (χ1v) is 6.76. The Bertz CT molecular complexity index is 252. The van der Waals surface area contributed by atoms with Crippen LogP contribution in [0.15, 0.2) is 0 Å². The normalized spacial score (nSPS) is 30.2. The molecule has 0 bridgehead atoms. The smallest absolute Gasteiger partial charge is 0.314 e. The van der Waals surface area contributed by atoms with E-state index in [1.807, 2.05) is 0 Å². The lowest BCUT2D eigenvalue weighted by Gasteiger charge is -2.32. The molecule has 0 radical (unpaired) electrons. The molecule has 0 aromatic carbocycles. The van der Waals surface area contributed by atoms with E-state index in [2.05, 4.69) is 20.8 Å². The van der Waals surface area contributed by atoms with Crippen LogP contribution in [0.4, 0.5) is 0 Å². The molecular weight excluding hydrogens is 216 g/mol. The molecule has 3 heteroatoms. The molecule has 100 valence electrons. The second kappa shape index (κ2) is 6.39. The van der Waals surface area contributed by atoms with E-state index in [0.29, 0.717) is 25.0 Å². The molecule has 3 nitrogen and oxygen atoms in total. The van der Waals surface area contributed by atoms with E-state index in [0.717, 1.165) is 25.7 Å². The van der Waals surface area contributed by atoms with Crippen LogP contribution in [0.3, 0.4) is 0 Å². The van der Waals surface area contributed by atoms with Crippen LogP contribution >= 0.6 is 0 Å². The van der Waals surface area contributed by atoms with E-state index in [-0.39, 0.29) is 11.4 Å². The Hall–Kier alpha value is -0.570. The van der Waals surface area contributed by atoms with Crippen molar-refractivity contribution < 1.29 is 14.3 Å². The first-order chi connectivity index (χ1) is 8.10. The van der Waals surface area contributed by atoms with E-state index < -0.39 is 0 Å². The molecule has 0 aliphatic carbocycles. The standard InChI is InChI=1S/C14H26O3/c1-5-7-14(13(15)16-4)10-17-9-12(14)8-11(3)6-2/h11-12H,5-10H2,1-4H3. The Morgan fingerprint density at radius 1 is 1.53 bits per heavy atom. The summed E-state index contributed by atoms with van der Waals surface area (Å²) in [4.78, 5) is 12.1. The van der Waals surface area contributed by atoms with Gasteiger partial charge in [0, 0.05) is 5.92 Å². The molecule has 1 saturated heterocycles. The summed E-state index contributed by atoms with van der Waals surface area (Å²) in [5.74, 6) is 0.887. The summed E-state index contributed by atoms with van der Waals surface area (Å²) >= 11 is 0. The molecule has 0 aromatic heterocycles. The average molecular weight is 242 g/mol. The molecule has 17 heavy (non-hydrogen) atoms. The van der Waals surface area contributed by atoms with Gasteiger partial charge in [0.25, 0.3) is 0 Å². The zero-order valence-corrected chi connectivity index (χ0v) is 11.6. The highest BCUT2D eigenvalue weighted by Gasteiger charge is 2.50. The molecule has 0 aromatic rings. The molecule has 1 heterocycles. The molecule has 1 rings (SSSR count). The number of rotatable bonds is 6. The fourth-order valence-corrected chi connectivity index (χ4v) is 2.86. The van der Waals surface area contributed by atoms with Crippen molar-refractivity contribution in [3.8, 4) is 0 Å². The summed E-state index contributed by atoms with van der Waals surface area (Å²) < 4.78 is 10.6. The molecule has 0 saturated carbocycles. The molecule has 1 fully saturated rings. The van der Waals surface area contributed by atoms with Crippen LogP contribution in [-0.2, 0) is 14.3 Å². The van der Waals surface area contributed by atoms with Crippen LogP contribution < -0.4 is 0 Å². The quantitative estimate of drug-likeness (QED) is 0.672. The summed E-state index contributed by atoms with van der Waals surface area (Å²) in [6.45, 7) is 7.80. The third kappa shape index (κ3) is 3.01. The van der Waals surface area contributed by atoms with Crippen molar-refractivity contribution in [2.24, 2.45) is 17.3 Å². The average Bonchev–Trinajstić information content (AvgIpc) is 2.72. The Balaban J connectivity index is 2.82. The summed E-state index contributed by atoms with van der Waals surface area (Å²) in [5, 5.41) is 0. The van der Waals surface area contributed by atoms with E-state index in [1.54, 1.807) is 0 Å². The van der Waals surface area contributed by atoms with Gasteiger partial charge in [-0.05, 0) is 18.8 Å². The van der Waals surface area contributed by atoms with Gasteiger partial charge in [0.05, 0.1) is 25.7 Å². The second-order valence-electron chi connectivity index (χ2n) is 5.36. The van der Waals surface area contributed by atoms with Gasteiger partial charge in [0.1, 0.15) is 0 Å². The summed E-state index contributed by atoms with van der Waals surface area (Å²) in [5.41, 5.74) is -0.382. The number of esters is 1. The Morgan fingerprint density at radius 2 is 2.24 bits per heavy atom. The maximum absolute atomic E-state index is 12.1. The van der Waals surface area contributed by atoms with E-state index >= 15 is 0 Å². The van der Waals surface area contributed by atoms with Crippen molar-refractivity contribution in [3.63, 3.8) is 0 Å². The van der Waals surface area contributed by atoms with Crippen molar-refractivity contribution in [1.82, 2.24) is 0 Å². The highest BCUT2D eigenvalue weighted by atomic mass is 16.5. The van der Waals surface area contributed by atoms with Crippen LogP contribution in [0.25, 0.3) is 0 Å².